The number of hydrogen-bond acceptors (Lipinski definition) is 3. The number of aryl methyl sites for hydroxylation is 1. The fourth-order valence-electron chi connectivity index (χ4n) is 1.95. The lowest BCUT2D eigenvalue weighted by molar-refractivity contribution is 0.869. The van der Waals surface area contributed by atoms with E-state index in [4.69, 9.17) is 5.26 Å². The van der Waals surface area contributed by atoms with Gasteiger partial charge in [-0.3, -0.25) is 0 Å². The Hall–Kier alpha value is -2.67. The van der Waals surface area contributed by atoms with Crippen LogP contribution in [0.5, 0.6) is 0 Å². The highest BCUT2D eigenvalue weighted by Gasteiger charge is 2.05. The van der Waals surface area contributed by atoms with Crippen molar-refractivity contribution < 1.29 is 0 Å². The molecule has 0 aliphatic rings. The highest BCUT2D eigenvalue weighted by molar-refractivity contribution is 5.87. The normalized spacial score (nSPS) is 10.4. The Morgan fingerprint density at radius 3 is 2.78 bits per heavy atom. The van der Waals surface area contributed by atoms with Crippen molar-refractivity contribution in [1.29, 1.82) is 5.26 Å². The average Bonchev–Trinajstić information content (AvgIpc) is 2.84. The molecule has 0 saturated carbocycles. The lowest BCUT2D eigenvalue weighted by Gasteiger charge is -2.06. The van der Waals surface area contributed by atoms with Crippen LogP contribution >= 0.6 is 0 Å². The van der Waals surface area contributed by atoms with E-state index in [0.717, 1.165) is 22.3 Å². The summed E-state index contributed by atoms with van der Waals surface area (Å²) in [5, 5.41) is 14.2. The van der Waals surface area contributed by atoms with Crippen molar-refractivity contribution >= 4 is 10.9 Å². The quantitative estimate of drug-likeness (QED) is 0.650. The molecular formula is C14H10N4. The second-order valence-electron chi connectivity index (χ2n) is 4.05. The van der Waals surface area contributed by atoms with Crippen molar-refractivity contribution in [3.63, 3.8) is 0 Å². The molecular weight excluding hydrogens is 224 g/mol. The molecule has 0 radical (unpaired) electrons. The molecule has 0 spiro atoms. The van der Waals surface area contributed by atoms with Gasteiger partial charge in [0.25, 0.3) is 0 Å². The van der Waals surface area contributed by atoms with E-state index < -0.39 is 0 Å². The largest absolute Gasteiger partial charge is 0.240 e. The molecule has 0 saturated heterocycles. The smallest absolute Gasteiger partial charge is 0.141 e. The maximum atomic E-state index is 8.86. The first-order valence-corrected chi connectivity index (χ1v) is 5.60. The molecule has 2 heterocycles. The van der Waals surface area contributed by atoms with E-state index in [1.54, 1.807) is 6.07 Å². The lowest BCUT2D eigenvalue weighted by atomic mass is 10.1. The molecule has 1 aromatic carbocycles. The summed E-state index contributed by atoms with van der Waals surface area (Å²) in [5.74, 6) is 0. The van der Waals surface area contributed by atoms with Crippen LogP contribution in [0.1, 0.15) is 11.4 Å². The average molecular weight is 234 g/mol. The second-order valence-corrected chi connectivity index (χ2v) is 4.05. The van der Waals surface area contributed by atoms with Gasteiger partial charge in [0.1, 0.15) is 11.8 Å². The zero-order chi connectivity index (χ0) is 12.5. The summed E-state index contributed by atoms with van der Waals surface area (Å²) >= 11 is 0. The van der Waals surface area contributed by atoms with Crippen molar-refractivity contribution in [3.8, 4) is 11.8 Å². The Morgan fingerprint density at radius 2 is 2.06 bits per heavy atom. The van der Waals surface area contributed by atoms with Crippen LogP contribution in [-0.4, -0.2) is 14.8 Å². The fraction of sp³-hybridized carbons (Fsp3) is 0.0714. The maximum Gasteiger partial charge on any atom is 0.141 e. The molecule has 0 amide bonds. The Balaban J connectivity index is 2.28. The molecule has 4 nitrogen and oxygen atoms in total. The van der Waals surface area contributed by atoms with Gasteiger partial charge in [-0.15, -0.1) is 0 Å². The van der Waals surface area contributed by atoms with Crippen LogP contribution < -0.4 is 0 Å². The number of benzene rings is 1. The van der Waals surface area contributed by atoms with Gasteiger partial charge >= 0.3 is 0 Å². The van der Waals surface area contributed by atoms with E-state index >= 15 is 0 Å². The molecule has 3 aromatic rings. The van der Waals surface area contributed by atoms with Crippen molar-refractivity contribution in [2.45, 2.75) is 6.92 Å². The number of aromatic nitrogens is 3. The number of fused-ring (bicyclic) bond motifs is 1. The second kappa shape index (κ2) is 3.97. The Morgan fingerprint density at radius 1 is 1.17 bits per heavy atom. The minimum Gasteiger partial charge on any atom is -0.240 e. The van der Waals surface area contributed by atoms with Gasteiger partial charge in [0.15, 0.2) is 0 Å². The Labute approximate surface area is 104 Å². The molecule has 0 bridgehead atoms. The number of hydrogen-bond donors (Lipinski definition) is 0. The van der Waals surface area contributed by atoms with Crippen molar-refractivity contribution in [3.05, 3.63) is 54.0 Å². The van der Waals surface area contributed by atoms with Crippen LogP contribution in [-0.2, 0) is 0 Å². The van der Waals surface area contributed by atoms with Crippen LogP contribution in [0, 0.1) is 18.3 Å². The third-order valence-electron chi connectivity index (χ3n) is 2.79. The van der Waals surface area contributed by atoms with Crippen LogP contribution in [0.25, 0.3) is 16.6 Å². The number of rotatable bonds is 1. The molecule has 0 N–H and O–H groups in total. The van der Waals surface area contributed by atoms with Gasteiger partial charge < -0.3 is 0 Å². The molecule has 0 aliphatic heterocycles. The first-order valence-electron chi connectivity index (χ1n) is 5.60. The molecule has 0 aliphatic carbocycles. The molecule has 86 valence electrons. The van der Waals surface area contributed by atoms with Gasteiger partial charge in [-0.2, -0.15) is 10.4 Å². The Kier molecular flexibility index (Phi) is 2.31. The SMILES string of the molecule is Cc1ccn(-c2cccc3nc(C#N)ccc23)n1. The van der Waals surface area contributed by atoms with E-state index in [9.17, 15) is 0 Å². The lowest BCUT2D eigenvalue weighted by Crippen LogP contribution is -1.97. The summed E-state index contributed by atoms with van der Waals surface area (Å²) in [6, 6.07) is 13.4. The summed E-state index contributed by atoms with van der Waals surface area (Å²) in [5.41, 5.74) is 3.17. The minimum atomic E-state index is 0.427. The fourth-order valence-corrected chi connectivity index (χ4v) is 1.95. The molecule has 18 heavy (non-hydrogen) atoms. The number of pyridine rings is 1. The third-order valence-corrected chi connectivity index (χ3v) is 2.79. The van der Waals surface area contributed by atoms with Crippen molar-refractivity contribution in [2.24, 2.45) is 0 Å². The van der Waals surface area contributed by atoms with Crippen LogP contribution in [0.2, 0.25) is 0 Å². The summed E-state index contributed by atoms with van der Waals surface area (Å²) in [4.78, 5) is 4.28. The topological polar surface area (TPSA) is 54.5 Å². The molecule has 2 aromatic heterocycles. The summed E-state index contributed by atoms with van der Waals surface area (Å²) in [7, 11) is 0. The van der Waals surface area contributed by atoms with E-state index in [-0.39, 0.29) is 0 Å². The Bertz CT molecular complexity index is 765. The van der Waals surface area contributed by atoms with Crippen LogP contribution in [0.4, 0.5) is 0 Å². The molecule has 4 heteroatoms. The van der Waals surface area contributed by atoms with E-state index in [1.165, 1.54) is 0 Å². The number of nitriles is 1. The van der Waals surface area contributed by atoms with Gasteiger partial charge in [-0.05, 0) is 37.3 Å². The summed E-state index contributed by atoms with van der Waals surface area (Å²) in [6.07, 6.45) is 1.92. The highest BCUT2D eigenvalue weighted by Crippen LogP contribution is 2.20. The predicted molar refractivity (Wildman–Crippen MR) is 68.3 cm³/mol. The molecule has 0 fully saturated rings. The van der Waals surface area contributed by atoms with Gasteiger partial charge in [0.05, 0.1) is 16.9 Å². The zero-order valence-electron chi connectivity index (χ0n) is 9.83. The van der Waals surface area contributed by atoms with Crippen molar-refractivity contribution in [1.82, 2.24) is 14.8 Å². The highest BCUT2D eigenvalue weighted by atomic mass is 15.3. The van der Waals surface area contributed by atoms with E-state index in [1.807, 2.05) is 54.2 Å². The first kappa shape index (κ1) is 10.5. The molecule has 3 rings (SSSR count). The van der Waals surface area contributed by atoms with E-state index in [2.05, 4.69) is 10.1 Å². The zero-order valence-corrected chi connectivity index (χ0v) is 9.83. The molecule has 0 atom stereocenters. The van der Waals surface area contributed by atoms with Crippen LogP contribution in [0.15, 0.2) is 42.6 Å². The number of nitrogens with zero attached hydrogens (tertiary/aromatic N) is 4. The summed E-state index contributed by atoms with van der Waals surface area (Å²) in [6.45, 7) is 1.95. The standard InChI is InChI=1S/C14H10N4/c1-10-7-8-18(17-10)14-4-2-3-13-12(14)6-5-11(9-15)16-13/h2-8H,1H3. The molecule has 0 unspecified atom stereocenters. The van der Waals surface area contributed by atoms with Crippen molar-refractivity contribution in [2.75, 3.05) is 0 Å². The van der Waals surface area contributed by atoms with Gasteiger partial charge in [-0.1, -0.05) is 6.07 Å². The maximum absolute atomic E-state index is 8.86. The van der Waals surface area contributed by atoms with Gasteiger partial charge in [-0.25, -0.2) is 9.67 Å². The summed E-state index contributed by atoms with van der Waals surface area (Å²) < 4.78 is 1.82. The third kappa shape index (κ3) is 1.62. The van der Waals surface area contributed by atoms with Crippen LogP contribution in [0.3, 0.4) is 0 Å². The minimum absolute atomic E-state index is 0.427. The predicted octanol–water partition coefficient (Wildman–Crippen LogP) is 2.60. The van der Waals surface area contributed by atoms with Gasteiger partial charge in [0.2, 0.25) is 0 Å². The first-order chi connectivity index (χ1) is 8.78. The van der Waals surface area contributed by atoms with E-state index in [0.29, 0.717) is 5.69 Å². The van der Waals surface area contributed by atoms with Gasteiger partial charge in [0, 0.05) is 11.6 Å². The monoisotopic (exact) mass is 234 g/mol.